The van der Waals surface area contributed by atoms with Crippen molar-refractivity contribution in [2.45, 2.75) is 13.3 Å². The average molecular weight is 275 g/mol. The number of nitrogens with zero attached hydrogens (tertiary/aromatic N) is 1. The molecule has 1 aromatic rings. The van der Waals surface area contributed by atoms with Gasteiger partial charge in [-0.2, -0.15) is 0 Å². The van der Waals surface area contributed by atoms with E-state index >= 15 is 0 Å². The minimum atomic E-state index is -0.675. The number of rotatable bonds is 6. The molecule has 6 nitrogen and oxygen atoms in total. The van der Waals surface area contributed by atoms with Gasteiger partial charge in [-0.25, -0.2) is 0 Å². The third kappa shape index (κ3) is 4.85. The number of non-ortho nitro benzene ring substituents is 1. The summed E-state index contributed by atoms with van der Waals surface area (Å²) in [6.45, 7) is 4.78. The van der Waals surface area contributed by atoms with Gasteiger partial charge in [0, 0.05) is 12.1 Å². The van der Waals surface area contributed by atoms with Crippen LogP contribution in [0.15, 0.2) is 42.7 Å². The second-order valence-corrected chi connectivity index (χ2v) is 3.95. The largest absolute Gasteiger partial charge is 0.426 e. The van der Waals surface area contributed by atoms with Crippen LogP contribution in [-0.4, -0.2) is 16.7 Å². The standard InChI is InChI=1S/C14H13NO5/c1-3-13(20-14(17)8-10(2)16)9-11-4-6-12(7-5-11)15(18)19/h3-7,9H,1,8H2,2H3/b13-9+. The molecule has 0 heterocycles. The maximum Gasteiger partial charge on any atom is 0.318 e. The summed E-state index contributed by atoms with van der Waals surface area (Å²) in [6.07, 6.45) is 2.50. The zero-order chi connectivity index (χ0) is 15.1. The second-order valence-electron chi connectivity index (χ2n) is 3.95. The van der Waals surface area contributed by atoms with Gasteiger partial charge >= 0.3 is 5.97 Å². The summed E-state index contributed by atoms with van der Waals surface area (Å²) in [5.41, 5.74) is 0.581. The van der Waals surface area contributed by atoms with Gasteiger partial charge < -0.3 is 4.74 Å². The highest BCUT2D eigenvalue weighted by atomic mass is 16.6. The van der Waals surface area contributed by atoms with Crippen LogP contribution in [0.5, 0.6) is 0 Å². The lowest BCUT2D eigenvalue weighted by atomic mass is 10.2. The van der Waals surface area contributed by atoms with E-state index in [1.165, 1.54) is 43.3 Å². The smallest absolute Gasteiger partial charge is 0.318 e. The number of carbonyl (C=O) groups is 2. The number of Topliss-reactive ketones (excluding diaryl/α,β-unsaturated/α-hetero) is 1. The molecule has 0 aliphatic heterocycles. The van der Waals surface area contributed by atoms with Crippen molar-refractivity contribution in [3.63, 3.8) is 0 Å². The fourth-order valence-corrected chi connectivity index (χ4v) is 1.36. The topological polar surface area (TPSA) is 86.5 Å². The minimum Gasteiger partial charge on any atom is -0.426 e. The molecule has 0 bridgehead atoms. The fourth-order valence-electron chi connectivity index (χ4n) is 1.36. The molecule has 0 aliphatic carbocycles. The van der Waals surface area contributed by atoms with E-state index in [0.717, 1.165) is 0 Å². The molecule has 6 heteroatoms. The van der Waals surface area contributed by atoms with Crippen molar-refractivity contribution >= 4 is 23.5 Å². The van der Waals surface area contributed by atoms with Crippen molar-refractivity contribution in [3.05, 3.63) is 58.4 Å². The van der Waals surface area contributed by atoms with E-state index in [4.69, 9.17) is 4.74 Å². The fraction of sp³-hybridized carbons (Fsp3) is 0.143. The number of nitro benzene ring substituents is 1. The van der Waals surface area contributed by atoms with Crippen molar-refractivity contribution in [1.29, 1.82) is 0 Å². The Morgan fingerprint density at radius 3 is 2.40 bits per heavy atom. The zero-order valence-electron chi connectivity index (χ0n) is 10.9. The molecular weight excluding hydrogens is 262 g/mol. The van der Waals surface area contributed by atoms with Crippen molar-refractivity contribution in [2.75, 3.05) is 0 Å². The molecule has 0 aromatic heterocycles. The molecule has 0 N–H and O–H groups in total. The number of hydrogen-bond acceptors (Lipinski definition) is 5. The predicted molar refractivity (Wildman–Crippen MR) is 72.7 cm³/mol. The SMILES string of the molecule is C=C/C(=C\c1ccc([N+](=O)[O-])cc1)OC(=O)CC(C)=O. The van der Waals surface area contributed by atoms with Crippen molar-refractivity contribution < 1.29 is 19.2 Å². The Balaban J connectivity index is 2.83. The van der Waals surface area contributed by atoms with Gasteiger partial charge in [-0.3, -0.25) is 19.7 Å². The highest BCUT2D eigenvalue weighted by Gasteiger charge is 2.08. The van der Waals surface area contributed by atoms with E-state index in [-0.39, 0.29) is 23.7 Å². The Labute approximate surface area is 115 Å². The monoisotopic (exact) mass is 275 g/mol. The third-order valence-corrected chi connectivity index (χ3v) is 2.24. The minimum absolute atomic E-state index is 0.0316. The molecule has 0 saturated heterocycles. The van der Waals surface area contributed by atoms with Crippen molar-refractivity contribution in [2.24, 2.45) is 0 Å². The molecule has 1 aromatic carbocycles. The normalized spacial score (nSPS) is 10.8. The van der Waals surface area contributed by atoms with E-state index in [1.54, 1.807) is 0 Å². The second kappa shape index (κ2) is 6.98. The van der Waals surface area contributed by atoms with Gasteiger partial charge in [-0.05, 0) is 36.8 Å². The Morgan fingerprint density at radius 1 is 1.35 bits per heavy atom. The molecule has 0 spiro atoms. The molecule has 104 valence electrons. The molecule has 0 unspecified atom stereocenters. The van der Waals surface area contributed by atoms with Crippen LogP contribution in [-0.2, 0) is 14.3 Å². The maximum absolute atomic E-state index is 11.3. The van der Waals surface area contributed by atoms with E-state index in [9.17, 15) is 19.7 Å². The number of ether oxygens (including phenoxy) is 1. The van der Waals surface area contributed by atoms with Crippen molar-refractivity contribution in [1.82, 2.24) is 0 Å². The summed E-state index contributed by atoms with van der Waals surface area (Å²) in [4.78, 5) is 32.1. The van der Waals surface area contributed by atoms with E-state index in [1.807, 2.05) is 0 Å². The number of allylic oxidation sites excluding steroid dienone is 1. The van der Waals surface area contributed by atoms with Gasteiger partial charge in [0.05, 0.1) is 4.92 Å². The first kappa shape index (κ1) is 15.3. The highest BCUT2D eigenvalue weighted by molar-refractivity contribution is 5.94. The van der Waals surface area contributed by atoms with Gasteiger partial charge in [0.2, 0.25) is 0 Å². The van der Waals surface area contributed by atoms with Crippen LogP contribution in [0.2, 0.25) is 0 Å². The van der Waals surface area contributed by atoms with Crippen LogP contribution in [0, 0.1) is 10.1 Å². The number of esters is 1. The molecule has 0 amide bonds. The third-order valence-electron chi connectivity index (χ3n) is 2.24. The number of benzene rings is 1. The molecule has 0 saturated carbocycles. The summed E-state index contributed by atoms with van der Waals surface area (Å²) < 4.78 is 4.94. The summed E-state index contributed by atoms with van der Waals surface area (Å²) in [7, 11) is 0. The quantitative estimate of drug-likeness (QED) is 0.199. The Morgan fingerprint density at radius 2 is 1.95 bits per heavy atom. The summed E-state index contributed by atoms with van der Waals surface area (Å²) in [5.74, 6) is -0.801. The lowest BCUT2D eigenvalue weighted by Gasteiger charge is -2.03. The molecule has 0 atom stereocenters. The van der Waals surface area contributed by atoms with Crippen LogP contribution in [0.1, 0.15) is 18.9 Å². The lowest BCUT2D eigenvalue weighted by molar-refractivity contribution is -0.384. The number of hydrogen-bond donors (Lipinski definition) is 0. The molecule has 20 heavy (non-hydrogen) atoms. The molecular formula is C14H13NO5. The van der Waals surface area contributed by atoms with E-state index in [2.05, 4.69) is 6.58 Å². The van der Waals surface area contributed by atoms with Crippen LogP contribution in [0.25, 0.3) is 6.08 Å². The average Bonchev–Trinajstić information content (AvgIpc) is 2.37. The Kier molecular flexibility index (Phi) is 5.34. The van der Waals surface area contributed by atoms with Crippen molar-refractivity contribution in [3.8, 4) is 0 Å². The van der Waals surface area contributed by atoms with E-state index in [0.29, 0.717) is 5.56 Å². The summed E-state index contributed by atoms with van der Waals surface area (Å²) in [6, 6.07) is 5.70. The van der Waals surface area contributed by atoms with E-state index < -0.39 is 10.9 Å². The van der Waals surface area contributed by atoms with Gasteiger partial charge in [0.15, 0.2) is 0 Å². The van der Waals surface area contributed by atoms with Crippen LogP contribution in [0.3, 0.4) is 0 Å². The lowest BCUT2D eigenvalue weighted by Crippen LogP contribution is -2.07. The zero-order valence-corrected chi connectivity index (χ0v) is 10.9. The van der Waals surface area contributed by atoms with Crippen LogP contribution < -0.4 is 0 Å². The first-order chi connectivity index (χ1) is 9.42. The first-order valence-corrected chi connectivity index (χ1v) is 5.71. The van der Waals surface area contributed by atoms with Crippen LogP contribution in [0.4, 0.5) is 5.69 Å². The molecule has 0 fully saturated rings. The maximum atomic E-state index is 11.3. The number of ketones is 1. The van der Waals surface area contributed by atoms with Gasteiger partial charge in [0.25, 0.3) is 5.69 Å². The summed E-state index contributed by atoms with van der Waals surface area (Å²) >= 11 is 0. The van der Waals surface area contributed by atoms with Gasteiger partial charge in [0.1, 0.15) is 18.0 Å². The molecule has 0 aliphatic rings. The molecule has 0 radical (unpaired) electrons. The summed E-state index contributed by atoms with van der Waals surface area (Å²) in [5, 5.41) is 10.5. The highest BCUT2D eigenvalue weighted by Crippen LogP contribution is 2.15. The van der Waals surface area contributed by atoms with Gasteiger partial charge in [-0.1, -0.05) is 6.58 Å². The molecule has 1 rings (SSSR count). The predicted octanol–water partition coefficient (Wildman–Crippen LogP) is 2.64. The Hall–Kier alpha value is -2.76. The number of carbonyl (C=O) groups excluding carboxylic acids is 2. The Bertz CT molecular complexity index is 572. The van der Waals surface area contributed by atoms with Gasteiger partial charge in [-0.15, -0.1) is 0 Å². The van der Waals surface area contributed by atoms with Crippen LogP contribution >= 0.6 is 0 Å². The number of nitro groups is 1. The first-order valence-electron chi connectivity index (χ1n) is 5.71.